The predicted molar refractivity (Wildman–Crippen MR) is 251 cm³/mol. The Kier molecular flexibility index (Phi) is 16.6. The third-order valence-corrected chi connectivity index (χ3v) is 11.0. The van der Waals surface area contributed by atoms with E-state index in [0.29, 0.717) is 33.9 Å². The summed E-state index contributed by atoms with van der Waals surface area (Å²) in [7, 11) is 0. The molecule has 0 aliphatic carbocycles. The molecule has 0 saturated heterocycles. The van der Waals surface area contributed by atoms with Crippen LogP contribution in [0, 0.1) is 13.8 Å². The number of anilines is 4. The zero-order chi connectivity index (χ0) is 46.8. The van der Waals surface area contributed by atoms with E-state index in [4.69, 9.17) is 46.4 Å². The van der Waals surface area contributed by atoms with Gasteiger partial charge in [-0.1, -0.05) is 47.5 Å². The van der Waals surface area contributed by atoms with Crippen molar-refractivity contribution in [1.82, 2.24) is 0 Å². The molecule has 14 nitrogen and oxygen atoms in total. The van der Waals surface area contributed by atoms with Gasteiger partial charge >= 0.3 is 0 Å². The number of alkyl halides is 2. The van der Waals surface area contributed by atoms with Gasteiger partial charge in [0.1, 0.15) is 0 Å². The second-order valence-electron chi connectivity index (χ2n) is 14.6. The number of carbonyl (C=O) groups is 6. The Balaban J connectivity index is 1.24. The second kappa shape index (κ2) is 21.8. The minimum Gasteiger partial charge on any atom is -0.324 e. The van der Waals surface area contributed by atoms with E-state index >= 15 is 0 Å². The van der Waals surface area contributed by atoms with Crippen LogP contribution in [0.1, 0.15) is 81.4 Å². The van der Waals surface area contributed by atoms with Crippen molar-refractivity contribution >= 4 is 116 Å². The first-order valence-corrected chi connectivity index (χ1v) is 21.2. The van der Waals surface area contributed by atoms with E-state index in [1.807, 2.05) is 13.8 Å². The summed E-state index contributed by atoms with van der Waals surface area (Å²) in [5, 5.41) is 26.9. The predicted octanol–water partition coefficient (Wildman–Crippen LogP) is 12.1. The molecule has 64 heavy (non-hydrogen) atoms. The molecule has 0 heterocycles. The van der Waals surface area contributed by atoms with Gasteiger partial charge in [0.2, 0.25) is 12.1 Å². The van der Waals surface area contributed by atoms with Crippen LogP contribution in [0.25, 0.3) is 0 Å². The van der Waals surface area contributed by atoms with E-state index in [-0.39, 0.29) is 43.3 Å². The zero-order valence-electron chi connectivity index (χ0n) is 35.3. The topological polar surface area (TPSA) is 200 Å². The van der Waals surface area contributed by atoms with Crippen molar-refractivity contribution in [3.63, 3.8) is 0 Å². The van der Waals surface area contributed by atoms with E-state index in [0.717, 1.165) is 11.1 Å². The summed E-state index contributed by atoms with van der Waals surface area (Å²) in [5.41, 5.74) is 4.99. The van der Waals surface area contributed by atoms with Crippen LogP contribution in [-0.2, 0) is 19.2 Å². The lowest BCUT2D eigenvalue weighted by Crippen LogP contribution is -2.33. The number of nitrogens with zero attached hydrogens (tertiary/aromatic N) is 4. The average molecular weight is 945 g/mol. The highest BCUT2D eigenvalue weighted by Crippen LogP contribution is 2.30. The molecule has 0 radical (unpaired) electrons. The standard InChI is InChI=1S/C46H42Cl4N8O6/c1-23-24(2)40(54-46(64)42(28(6)60)58-56-34-16-18-38(50)36(22-34)44(62)52-32-13-9-30(10-14-32)26(4)48)20-19-39(23)53-45(63)41(27(5)59)57-55-33-15-17-37(49)35(21-33)43(61)51-31-11-7-29(8-12-31)25(3)47/h7-22,25-26,41-42H,1-6H3,(H,51,61)(H,52,62)(H,53,63)(H,54,64). The number of Topliss-reactive ketones (excluding diaryl/α,β-unsaturated/α-hetero) is 2. The Bertz CT molecular complexity index is 2490. The number of hydrogen-bond donors (Lipinski definition) is 4. The highest BCUT2D eigenvalue weighted by atomic mass is 35.5. The van der Waals surface area contributed by atoms with E-state index in [1.165, 1.54) is 62.4 Å². The Morgan fingerprint density at radius 2 is 0.844 bits per heavy atom. The Labute approximate surface area is 389 Å². The van der Waals surface area contributed by atoms with Crippen molar-refractivity contribution in [2.24, 2.45) is 20.5 Å². The van der Waals surface area contributed by atoms with Crippen molar-refractivity contribution in [3.8, 4) is 0 Å². The van der Waals surface area contributed by atoms with Crippen molar-refractivity contribution < 1.29 is 28.8 Å². The number of hydrogen-bond acceptors (Lipinski definition) is 10. The van der Waals surface area contributed by atoms with Crippen LogP contribution in [0.2, 0.25) is 10.0 Å². The minimum absolute atomic E-state index is 0.0886. The number of nitrogens with one attached hydrogen (secondary N) is 4. The fourth-order valence-corrected chi connectivity index (χ4v) is 6.64. The Morgan fingerprint density at radius 3 is 1.16 bits per heavy atom. The molecule has 18 heteroatoms. The summed E-state index contributed by atoms with van der Waals surface area (Å²) in [6, 6.07) is 22.5. The molecule has 4 N–H and O–H groups in total. The summed E-state index contributed by atoms with van der Waals surface area (Å²) in [6.07, 6.45) is 0. The van der Waals surface area contributed by atoms with Crippen LogP contribution in [0.15, 0.2) is 118 Å². The van der Waals surface area contributed by atoms with Gasteiger partial charge in [-0.25, -0.2) is 0 Å². The maximum absolute atomic E-state index is 13.4. The average Bonchev–Trinajstić information content (AvgIpc) is 3.24. The molecule has 0 aromatic heterocycles. The fraction of sp³-hybridized carbons (Fsp3) is 0.217. The highest BCUT2D eigenvalue weighted by molar-refractivity contribution is 6.35. The van der Waals surface area contributed by atoms with Crippen LogP contribution in [0.5, 0.6) is 0 Å². The quantitative estimate of drug-likeness (QED) is 0.0431. The molecule has 5 aromatic carbocycles. The molecule has 0 fully saturated rings. The number of benzene rings is 5. The number of rotatable bonds is 16. The van der Waals surface area contributed by atoms with E-state index in [2.05, 4.69) is 41.7 Å². The van der Waals surface area contributed by atoms with E-state index in [9.17, 15) is 28.8 Å². The third-order valence-electron chi connectivity index (χ3n) is 9.79. The van der Waals surface area contributed by atoms with Gasteiger partial charge < -0.3 is 21.3 Å². The maximum atomic E-state index is 13.4. The molecule has 0 aliphatic rings. The molecule has 0 spiro atoms. The molecule has 4 unspecified atom stereocenters. The van der Waals surface area contributed by atoms with Gasteiger partial charge in [-0.3, -0.25) is 28.8 Å². The maximum Gasteiger partial charge on any atom is 0.258 e. The number of ketones is 2. The first-order valence-electron chi connectivity index (χ1n) is 19.6. The van der Waals surface area contributed by atoms with Gasteiger partial charge in [-0.15, -0.1) is 23.2 Å². The third kappa shape index (κ3) is 12.7. The summed E-state index contributed by atoms with van der Waals surface area (Å²) in [6.45, 7) is 9.41. The lowest BCUT2D eigenvalue weighted by molar-refractivity contribution is -0.127. The number of amides is 4. The molecule has 5 aromatic rings. The molecule has 5 rings (SSSR count). The van der Waals surface area contributed by atoms with Gasteiger partial charge in [0, 0.05) is 22.7 Å². The molecule has 4 atom stereocenters. The van der Waals surface area contributed by atoms with Gasteiger partial charge in [0.25, 0.3) is 23.6 Å². The fourth-order valence-electron chi connectivity index (χ4n) is 5.94. The lowest BCUT2D eigenvalue weighted by atomic mass is 10.0. The molecular formula is C46H42Cl4N8O6. The van der Waals surface area contributed by atoms with Crippen LogP contribution < -0.4 is 21.3 Å². The number of azo groups is 2. The van der Waals surface area contributed by atoms with Crippen molar-refractivity contribution in [3.05, 3.63) is 140 Å². The van der Waals surface area contributed by atoms with Crippen LogP contribution in [0.3, 0.4) is 0 Å². The molecule has 0 bridgehead atoms. The normalized spacial score (nSPS) is 13.2. The first kappa shape index (κ1) is 48.7. The summed E-state index contributed by atoms with van der Waals surface area (Å²) >= 11 is 24.9. The molecule has 0 saturated carbocycles. The zero-order valence-corrected chi connectivity index (χ0v) is 38.3. The van der Waals surface area contributed by atoms with Gasteiger partial charge in [-0.05, 0) is 137 Å². The van der Waals surface area contributed by atoms with Gasteiger partial charge in [-0.2, -0.15) is 20.5 Å². The van der Waals surface area contributed by atoms with Gasteiger partial charge in [0.15, 0.2) is 11.6 Å². The summed E-state index contributed by atoms with van der Waals surface area (Å²) < 4.78 is 0. The van der Waals surface area contributed by atoms with Crippen molar-refractivity contribution in [1.29, 1.82) is 0 Å². The van der Waals surface area contributed by atoms with Crippen molar-refractivity contribution in [2.45, 2.75) is 64.4 Å². The largest absolute Gasteiger partial charge is 0.324 e. The SMILES string of the molecule is CC(=O)C(N=Nc1ccc(Cl)c(C(=O)Nc2ccc(C(C)Cl)cc2)c1)C(=O)Nc1ccc(NC(=O)C(N=Nc2ccc(Cl)c(C(=O)Nc3ccc(C(C)Cl)cc3)c2)C(C)=O)c(C)c1C. The molecular weight excluding hydrogens is 902 g/mol. The van der Waals surface area contributed by atoms with Crippen LogP contribution >= 0.6 is 46.4 Å². The number of halogens is 4. The molecule has 0 aliphatic heterocycles. The summed E-state index contributed by atoms with van der Waals surface area (Å²) in [5.74, 6) is -3.81. The van der Waals surface area contributed by atoms with Crippen LogP contribution in [-0.4, -0.2) is 47.3 Å². The van der Waals surface area contributed by atoms with E-state index < -0.39 is 47.3 Å². The van der Waals surface area contributed by atoms with Crippen molar-refractivity contribution in [2.75, 3.05) is 21.3 Å². The second-order valence-corrected chi connectivity index (χ2v) is 16.7. The van der Waals surface area contributed by atoms with E-state index in [1.54, 1.807) is 62.4 Å². The Hall–Kier alpha value is -6.32. The smallest absolute Gasteiger partial charge is 0.258 e. The lowest BCUT2D eigenvalue weighted by Gasteiger charge is -2.17. The minimum atomic E-state index is -1.56. The molecule has 4 amide bonds. The highest BCUT2D eigenvalue weighted by Gasteiger charge is 2.27. The monoisotopic (exact) mass is 942 g/mol. The molecule has 330 valence electrons. The first-order chi connectivity index (χ1) is 30.3. The van der Waals surface area contributed by atoms with Gasteiger partial charge in [0.05, 0.1) is 43.3 Å². The Morgan fingerprint density at radius 1 is 0.500 bits per heavy atom. The summed E-state index contributed by atoms with van der Waals surface area (Å²) in [4.78, 5) is 78.2. The van der Waals surface area contributed by atoms with Crippen LogP contribution in [0.4, 0.5) is 34.1 Å². The number of carbonyl (C=O) groups excluding carboxylic acids is 6.